The van der Waals surface area contributed by atoms with Crippen molar-refractivity contribution in [3.8, 4) is 0 Å². The zero-order valence-corrected chi connectivity index (χ0v) is 11.1. The Morgan fingerprint density at radius 1 is 1.44 bits per heavy atom. The molecule has 4 nitrogen and oxygen atoms in total. The summed E-state index contributed by atoms with van der Waals surface area (Å²) in [4.78, 5) is 8.92. The zero-order chi connectivity index (χ0) is 12.8. The van der Waals surface area contributed by atoms with Gasteiger partial charge in [0.15, 0.2) is 5.65 Å². The maximum Gasteiger partial charge on any atom is 0.202 e. The number of hydrogen-bond acceptors (Lipinski definition) is 3. The monoisotopic (exact) mass is 244 g/mol. The van der Waals surface area contributed by atoms with Crippen molar-refractivity contribution in [1.29, 1.82) is 0 Å². The Kier molecular flexibility index (Phi) is 2.54. The fourth-order valence-corrected chi connectivity index (χ4v) is 2.81. The largest absolute Gasteiger partial charge is 0.369 e. The molecule has 2 heterocycles. The van der Waals surface area contributed by atoms with E-state index in [2.05, 4.69) is 27.5 Å². The van der Waals surface area contributed by atoms with Crippen LogP contribution in [-0.2, 0) is 6.54 Å². The molecule has 18 heavy (non-hydrogen) atoms. The quantitative estimate of drug-likeness (QED) is 0.899. The Morgan fingerprint density at radius 3 is 2.89 bits per heavy atom. The molecule has 1 saturated carbocycles. The third-order valence-electron chi connectivity index (χ3n) is 3.98. The number of rotatable bonds is 4. The zero-order valence-electron chi connectivity index (χ0n) is 11.1. The predicted octanol–water partition coefficient (Wildman–Crippen LogP) is 2.90. The Bertz CT molecular complexity index is 581. The Hall–Kier alpha value is -1.58. The third kappa shape index (κ3) is 1.85. The molecule has 1 aliphatic carbocycles. The first-order valence-corrected chi connectivity index (χ1v) is 6.72. The summed E-state index contributed by atoms with van der Waals surface area (Å²) < 4.78 is 2.09. The lowest BCUT2D eigenvalue weighted by Crippen LogP contribution is -2.14. The van der Waals surface area contributed by atoms with Crippen molar-refractivity contribution in [2.24, 2.45) is 5.41 Å². The molecule has 2 N–H and O–H groups in total. The van der Waals surface area contributed by atoms with E-state index in [0.717, 1.165) is 23.3 Å². The van der Waals surface area contributed by atoms with E-state index in [1.807, 2.05) is 13.1 Å². The predicted molar refractivity (Wildman–Crippen MR) is 73.3 cm³/mol. The average molecular weight is 244 g/mol. The number of aryl methyl sites for hydroxylation is 1. The van der Waals surface area contributed by atoms with Crippen molar-refractivity contribution in [2.45, 2.75) is 46.1 Å². The molecule has 2 aromatic rings. The van der Waals surface area contributed by atoms with Gasteiger partial charge in [-0.05, 0) is 43.2 Å². The number of imidazole rings is 1. The summed E-state index contributed by atoms with van der Waals surface area (Å²) >= 11 is 0. The van der Waals surface area contributed by atoms with Crippen LogP contribution in [0.4, 0.5) is 5.95 Å². The molecule has 3 rings (SSSR count). The smallest absolute Gasteiger partial charge is 0.202 e. The second kappa shape index (κ2) is 3.97. The van der Waals surface area contributed by atoms with Gasteiger partial charge in [0.25, 0.3) is 0 Å². The first kappa shape index (κ1) is 11.5. The minimum atomic E-state index is 0.461. The molecular weight excluding hydrogens is 224 g/mol. The van der Waals surface area contributed by atoms with Crippen molar-refractivity contribution in [3.63, 3.8) is 0 Å². The van der Waals surface area contributed by atoms with Crippen LogP contribution in [0.25, 0.3) is 11.2 Å². The first-order chi connectivity index (χ1) is 8.63. The van der Waals surface area contributed by atoms with Gasteiger partial charge in [-0.3, -0.25) is 4.57 Å². The highest BCUT2D eigenvalue weighted by atomic mass is 15.2. The number of fused-ring (bicyclic) bond motifs is 1. The number of anilines is 1. The van der Waals surface area contributed by atoms with Crippen LogP contribution in [0.15, 0.2) is 12.3 Å². The van der Waals surface area contributed by atoms with E-state index < -0.39 is 0 Å². The second-order valence-corrected chi connectivity index (χ2v) is 5.66. The van der Waals surface area contributed by atoms with Crippen molar-refractivity contribution in [2.75, 3.05) is 5.73 Å². The van der Waals surface area contributed by atoms with Gasteiger partial charge in [0, 0.05) is 12.7 Å². The van der Waals surface area contributed by atoms with Crippen molar-refractivity contribution >= 4 is 17.1 Å². The summed E-state index contributed by atoms with van der Waals surface area (Å²) in [6.07, 6.45) is 7.02. The molecule has 2 aromatic heterocycles. The molecule has 0 unspecified atom stereocenters. The number of nitrogen functional groups attached to an aromatic ring is 1. The maximum atomic E-state index is 6.05. The molecule has 0 radical (unpaired) electrons. The highest BCUT2D eigenvalue weighted by Crippen LogP contribution is 2.51. The summed E-state index contributed by atoms with van der Waals surface area (Å²) in [5.41, 5.74) is 9.48. The first-order valence-electron chi connectivity index (χ1n) is 6.72. The molecule has 0 spiro atoms. The summed E-state index contributed by atoms with van der Waals surface area (Å²) in [5.74, 6) is 0.602. The van der Waals surface area contributed by atoms with Gasteiger partial charge in [0.05, 0.1) is 0 Å². The molecular formula is C14H20N4. The van der Waals surface area contributed by atoms with Crippen LogP contribution in [-0.4, -0.2) is 14.5 Å². The lowest BCUT2D eigenvalue weighted by molar-refractivity contribution is 0.395. The lowest BCUT2D eigenvalue weighted by Gasteiger charge is -2.15. The maximum absolute atomic E-state index is 6.05. The topological polar surface area (TPSA) is 56.7 Å². The van der Waals surface area contributed by atoms with Gasteiger partial charge in [0.2, 0.25) is 5.95 Å². The van der Waals surface area contributed by atoms with Crippen LogP contribution in [0.1, 0.15) is 38.2 Å². The van der Waals surface area contributed by atoms with E-state index in [1.165, 1.54) is 25.7 Å². The SMILES string of the molecule is CCCC1(Cn2c(N)nc3cc(C)cnc32)CC1. The Labute approximate surface area is 107 Å². The highest BCUT2D eigenvalue weighted by Gasteiger charge is 2.42. The van der Waals surface area contributed by atoms with E-state index in [1.54, 1.807) is 0 Å². The van der Waals surface area contributed by atoms with Gasteiger partial charge < -0.3 is 5.73 Å². The van der Waals surface area contributed by atoms with Gasteiger partial charge in [0.1, 0.15) is 5.52 Å². The Morgan fingerprint density at radius 2 is 2.22 bits per heavy atom. The lowest BCUT2D eigenvalue weighted by atomic mass is 10.0. The average Bonchev–Trinajstić information content (AvgIpc) is 3.00. The van der Waals surface area contributed by atoms with E-state index in [4.69, 9.17) is 5.73 Å². The van der Waals surface area contributed by atoms with Crippen LogP contribution >= 0.6 is 0 Å². The summed E-state index contributed by atoms with van der Waals surface area (Å²) in [7, 11) is 0. The molecule has 1 fully saturated rings. The molecule has 0 atom stereocenters. The number of hydrogen-bond donors (Lipinski definition) is 1. The second-order valence-electron chi connectivity index (χ2n) is 5.66. The van der Waals surface area contributed by atoms with E-state index in [9.17, 15) is 0 Å². The van der Waals surface area contributed by atoms with Crippen LogP contribution in [0, 0.1) is 12.3 Å². The van der Waals surface area contributed by atoms with Gasteiger partial charge in [-0.1, -0.05) is 13.3 Å². The summed E-state index contributed by atoms with van der Waals surface area (Å²) in [5, 5.41) is 0. The van der Waals surface area contributed by atoms with E-state index in [-0.39, 0.29) is 0 Å². The normalized spacial score (nSPS) is 17.2. The van der Waals surface area contributed by atoms with Gasteiger partial charge >= 0.3 is 0 Å². The third-order valence-corrected chi connectivity index (χ3v) is 3.98. The molecule has 4 heteroatoms. The molecule has 0 aromatic carbocycles. The van der Waals surface area contributed by atoms with Crippen LogP contribution in [0.5, 0.6) is 0 Å². The molecule has 0 bridgehead atoms. The van der Waals surface area contributed by atoms with Gasteiger partial charge in [-0.25, -0.2) is 9.97 Å². The molecule has 0 amide bonds. The van der Waals surface area contributed by atoms with Crippen molar-refractivity contribution in [1.82, 2.24) is 14.5 Å². The van der Waals surface area contributed by atoms with Crippen molar-refractivity contribution in [3.05, 3.63) is 17.8 Å². The number of nitrogens with two attached hydrogens (primary N) is 1. The van der Waals surface area contributed by atoms with E-state index >= 15 is 0 Å². The van der Waals surface area contributed by atoms with Crippen LogP contribution in [0.3, 0.4) is 0 Å². The summed E-state index contributed by atoms with van der Waals surface area (Å²) in [6, 6.07) is 2.05. The number of pyridine rings is 1. The molecule has 96 valence electrons. The standard InChI is InChI=1S/C14H20N4/c1-3-4-14(5-6-14)9-18-12-11(17-13(18)15)7-10(2)8-16-12/h7-8H,3-6,9H2,1-2H3,(H2,15,17). The Balaban J connectivity index is 1.99. The number of nitrogens with zero attached hydrogens (tertiary/aromatic N) is 3. The minimum absolute atomic E-state index is 0.461. The van der Waals surface area contributed by atoms with Gasteiger partial charge in [-0.15, -0.1) is 0 Å². The highest BCUT2D eigenvalue weighted by molar-refractivity contribution is 5.74. The molecule has 0 aliphatic heterocycles. The fraction of sp³-hybridized carbons (Fsp3) is 0.571. The summed E-state index contributed by atoms with van der Waals surface area (Å²) in [6.45, 7) is 5.25. The van der Waals surface area contributed by atoms with Crippen LogP contribution < -0.4 is 5.73 Å². The van der Waals surface area contributed by atoms with Crippen molar-refractivity contribution < 1.29 is 0 Å². The molecule has 1 aliphatic rings. The van der Waals surface area contributed by atoms with Crippen LogP contribution in [0.2, 0.25) is 0 Å². The number of aromatic nitrogens is 3. The fourth-order valence-electron chi connectivity index (χ4n) is 2.81. The molecule has 0 saturated heterocycles. The van der Waals surface area contributed by atoms with E-state index in [0.29, 0.717) is 11.4 Å². The minimum Gasteiger partial charge on any atom is -0.369 e. The van der Waals surface area contributed by atoms with Gasteiger partial charge in [-0.2, -0.15) is 0 Å².